The minimum absolute atomic E-state index is 0.261. The fourth-order valence-electron chi connectivity index (χ4n) is 1.47. The largest absolute Gasteiger partial charge is 0.760 e. The zero-order chi connectivity index (χ0) is 13.5. The van der Waals surface area contributed by atoms with Crippen LogP contribution in [0.15, 0.2) is 24.3 Å². The van der Waals surface area contributed by atoms with Crippen LogP contribution in [0, 0.1) is 0 Å². The Bertz CT molecular complexity index is 381. The van der Waals surface area contributed by atoms with Crippen LogP contribution in [-0.2, 0) is 17.8 Å². The maximum Gasteiger partial charge on any atom is 0.0914 e. The summed E-state index contributed by atoms with van der Waals surface area (Å²) in [6.07, 6.45) is -0.553. The highest BCUT2D eigenvalue weighted by molar-refractivity contribution is 7.77. The Morgan fingerprint density at radius 3 is 2.44 bits per heavy atom. The number of benzene rings is 1. The molecule has 102 valence electrons. The van der Waals surface area contributed by atoms with Crippen molar-refractivity contribution >= 4 is 11.3 Å². The number of nitrogens with one attached hydrogen (secondary N) is 2. The van der Waals surface area contributed by atoms with E-state index in [1.54, 1.807) is 24.3 Å². The second kappa shape index (κ2) is 7.60. The summed E-state index contributed by atoms with van der Waals surface area (Å²) in [5, 5.41) is 13.1. The Hall–Kier alpha value is -0.790. The monoisotopic (exact) mass is 271 g/mol. The van der Waals surface area contributed by atoms with E-state index < -0.39 is 17.4 Å². The van der Waals surface area contributed by atoms with Crippen LogP contribution in [0.2, 0.25) is 0 Å². The molecule has 6 heteroatoms. The molecule has 0 saturated carbocycles. The van der Waals surface area contributed by atoms with Gasteiger partial charge in [0.2, 0.25) is 0 Å². The highest BCUT2D eigenvalue weighted by atomic mass is 32.2. The van der Waals surface area contributed by atoms with Gasteiger partial charge in [-0.15, -0.1) is 0 Å². The first kappa shape index (κ1) is 15.3. The van der Waals surface area contributed by atoms with Crippen molar-refractivity contribution in [3.63, 3.8) is 0 Å². The zero-order valence-electron chi connectivity index (χ0n) is 10.6. The van der Waals surface area contributed by atoms with Crippen LogP contribution in [0.1, 0.15) is 31.1 Å². The Kier molecular flexibility index (Phi) is 6.45. The number of hydrogen-bond acceptors (Lipinski definition) is 4. The molecule has 2 unspecified atom stereocenters. The lowest BCUT2D eigenvalue weighted by atomic mass is 10.1. The average molecular weight is 271 g/mol. The zero-order valence-corrected chi connectivity index (χ0v) is 11.4. The summed E-state index contributed by atoms with van der Waals surface area (Å²) in [4.78, 5) is 0. The lowest BCUT2D eigenvalue weighted by molar-refractivity contribution is 0.171. The van der Waals surface area contributed by atoms with E-state index in [1.807, 2.05) is 13.8 Å². The lowest BCUT2D eigenvalue weighted by Crippen LogP contribution is -2.27. The van der Waals surface area contributed by atoms with Gasteiger partial charge in [0.25, 0.3) is 0 Å². The van der Waals surface area contributed by atoms with E-state index in [2.05, 4.69) is 10.0 Å². The van der Waals surface area contributed by atoms with E-state index in [4.69, 9.17) is 0 Å². The van der Waals surface area contributed by atoms with E-state index in [9.17, 15) is 13.9 Å². The summed E-state index contributed by atoms with van der Waals surface area (Å²) in [6, 6.07) is 7.53. The highest BCUT2D eigenvalue weighted by Gasteiger charge is 2.07. The van der Waals surface area contributed by atoms with Crippen molar-refractivity contribution in [2.75, 3.05) is 6.54 Å². The van der Waals surface area contributed by atoms with Crippen molar-refractivity contribution in [1.29, 1.82) is 0 Å². The Morgan fingerprint density at radius 2 is 1.94 bits per heavy atom. The normalized spacial score (nSPS) is 14.7. The predicted octanol–water partition coefficient (Wildman–Crippen LogP) is 0.602. The topological polar surface area (TPSA) is 84.4 Å². The third-order valence-corrected chi connectivity index (χ3v) is 2.86. The number of aliphatic hydroxyl groups excluding tert-OH is 1. The van der Waals surface area contributed by atoms with E-state index in [-0.39, 0.29) is 6.54 Å². The molecule has 0 radical (unpaired) electrons. The molecular formula is C12H19N2O3S-. The third-order valence-electron chi connectivity index (χ3n) is 2.48. The van der Waals surface area contributed by atoms with Crippen molar-refractivity contribution in [2.24, 2.45) is 0 Å². The van der Waals surface area contributed by atoms with E-state index in [0.717, 1.165) is 11.1 Å². The number of hydrogen-bond donors (Lipinski definition) is 3. The van der Waals surface area contributed by atoms with Gasteiger partial charge >= 0.3 is 0 Å². The number of aliphatic hydroxyl groups is 1. The van der Waals surface area contributed by atoms with Gasteiger partial charge in [-0.05, 0) is 11.1 Å². The smallest absolute Gasteiger partial charge is 0.0914 e. The molecule has 1 aromatic rings. The molecule has 0 fully saturated rings. The maximum absolute atomic E-state index is 10.3. The van der Waals surface area contributed by atoms with E-state index in [0.29, 0.717) is 12.6 Å². The van der Waals surface area contributed by atoms with Gasteiger partial charge in [-0.3, -0.25) is 4.21 Å². The van der Waals surface area contributed by atoms with Gasteiger partial charge in [0.05, 0.1) is 6.10 Å². The average Bonchev–Trinajstić information content (AvgIpc) is 2.34. The first-order valence-electron chi connectivity index (χ1n) is 5.82. The lowest BCUT2D eigenvalue weighted by Gasteiger charge is -2.15. The van der Waals surface area contributed by atoms with Crippen molar-refractivity contribution in [3.8, 4) is 0 Å². The standard InChI is InChI=1S/C12H20N2O3S/c1-9(2)13-8-12(15)11-5-3-10(4-6-11)7-14-18(16)17/h3-6,9,12-15H,7-8H2,1-2H3,(H,16,17)/p-1. The summed E-state index contributed by atoms with van der Waals surface area (Å²) >= 11 is -2.25. The van der Waals surface area contributed by atoms with Gasteiger partial charge in [0.15, 0.2) is 0 Å². The molecule has 0 heterocycles. The molecule has 0 bridgehead atoms. The second-order valence-electron chi connectivity index (χ2n) is 4.38. The second-order valence-corrected chi connectivity index (χ2v) is 5.13. The van der Waals surface area contributed by atoms with Crippen LogP contribution >= 0.6 is 0 Å². The Balaban J connectivity index is 2.51. The van der Waals surface area contributed by atoms with Gasteiger partial charge in [-0.25, -0.2) is 4.72 Å². The van der Waals surface area contributed by atoms with Gasteiger partial charge in [0.1, 0.15) is 0 Å². The first-order valence-corrected chi connectivity index (χ1v) is 6.89. The molecule has 5 nitrogen and oxygen atoms in total. The third kappa shape index (κ3) is 5.70. The summed E-state index contributed by atoms with van der Waals surface area (Å²) in [7, 11) is 0. The van der Waals surface area contributed by atoms with Gasteiger partial charge in [0, 0.05) is 30.4 Å². The van der Waals surface area contributed by atoms with Gasteiger partial charge in [-0.1, -0.05) is 38.1 Å². The fraction of sp³-hybridized carbons (Fsp3) is 0.500. The molecule has 18 heavy (non-hydrogen) atoms. The highest BCUT2D eigenvalue weighted by Crippen LogP contribution is 2.13. The van der Waals surface area contributed by atoms with Gasteiger partial charge in [-0.2, -0.15) is 0 Å². The van der Waals surface area contributed by atoms with Crippen LogP contribution in [0.5, 0.6) is 0 Å². The molecule has 0 amide bonds. The van der Waals surface area contributed by atoms with Crippen LogP contribution in [0.3, 0.4) is 0 Å². The van der Waals surface area contributed by atoms with Crippen LogP contribution in [0.4, 0.5) is 0 Å². The molecule has 0 aromatic heterocycles. The summed E-state index contributed by atoms with van der Waals surface area (Å²) in [5.74, 6) is 0. The Labute approximate surface area is 110 Å². The summed E-state index contributed by atoms with van der Waals surface area (Å²) < 4.78 is 23.0. The SMILES string of the molecule is CC(C)NCC(O)c1ccc(CNS(=O)[O-])cc1. The molecule has 0 aliphatic heterocycles. The molecule has 1 aromatic carbocycles. The maximum atomic E-state index is 10.3. The van der Waals surface area contributed by atoms with Crippen LogP contribution in [-0.4, -0.2) is 26.5 Å². The predicted molar refractivity (Wildman–Crippen MR) is 70.3 cm³/mol. The molecule has 0 aliphatic carbocycles. The molecule has 0 aliphatic rings. The van der Waals surface area contributed by atoms with E-state index >= 15 is 0 Å². The number of rotatable bonds is 7. The fourth-order valence-corrected chi connectivity index (χ4v) is 1.75. The molecule has 0 saturated heterocycles. The van der Waals surface area contributed by atoms with Crippen LogP contribution < -0.4 is 10.0 Å². The van der Waals surface area contributed by atoms with Crippen molar-refractivity contribution in [1.82, 2.24) is 10.0 Å². The molecule has 0 spiro atoms. The van der Waals surface area contributed by atoms with Crippen molar-refractivity contribution < 1.29 is 13.9 Å². The molecule has 1 rings (SSSR count). The summed E-state index contributed by atoms with van der Waals surface area (Å²) in [6.45, 7) is 4.80. The van der Waals surface area contributed by atoms with Crippen LogP contribution in [0.25, 0.3) is 0 Å². The van der Waals surface area contributed by atoms with E-state index in [1.165, 1.54) is 0 Å². The molecular weight excluding hydrogens is 252 g/mol. The minimum Gasteiger partial charge on any atom is -0.760 e. The summed E-state index contributed by atoms with van der Waals surface area (Å²) in [5.41, 5.74) is 1.67. The first-order chi connectivity index (χ1) is 8.49. The van der Waals surface area contributed by atoms with Gasteiger partial charge < -0.3 is 15.0 Å². The Morgan fingerprint density at radius 1 is 1.33 bits per heavy atom. The molecule has 3 N–H and O–H groups in total. The molecule has 2 atom stereocenters. The van der Waals surface area contributed by atoms with Crippen molar-refractivity contribution in [3.05, 3.63) is 35.4 Å². The minimum atomic E-state index is -2.25. The van der Waals surface area contributed by atoms with Crippen molar-refractivity contribution in [2.45, 2.75) is 32.5 Å². The quantitative estimate of drug-likeness (QED) is 0.634.